The van der Waals surface area contributed by atoms with Crippen LogP contribution >= 0.6 is 0 Å². The van der Waals surface area contributed by atoms with Gasteiger partial charge in [-0.1, -0.05) is 54.1 Å². The van der Waals surface area contributed by atoms with E-state index >= 15 is 0 Å². The molecule has 0 heterocycles. The molecule has 1 saturated carbocycles. The number of ketones is 1. The number of hydrogen-bond donors (Lipinski definition) is 1. The maximum atomic E-state index is 14.2. The second kappa shape index (κ2) is 7.48. The fraction of sp³-hybridized carbons (Fsp3) is 0.320. The van der Waals surface area contributed by atoms with Crippen molar-refractivity contribution in [2.24, 2.45) is 5.41 Å². The van der Waals surface area contributed by atoms with Crippen LogP contribution in [0.5, 0.6) is 0 Å². The first-order valence-electron chi connectivity index (χ1n) is 9.93. The van der Waals surface area contributed by atoms with Crippen LogP contribution < -0.4 is 0 Å². The van der Waals surface area contributed by atoms with Gasteiger partial charge in [-0.15, -0.1) is 0 Å². The third kappa shape index (κ3) is 3.24. The van der Waals surface area contributed by atoms with Crippen LogP contribution in [0.15, 0.2) is 71.3 Å². The molecule has 0 aromatic heterocycles. The van der Waals surface area contributed by atoms with Crippen molar-refractivity contribution < 1.29 is 14.3 Å². The van der Waals surface area contributed by atoms with Gasteiger partial charge < -0.3 is 5.11 Å². The van der Waals surface area contributed by atoms with Crippen LogP contribution in [-0.4, -0.2) is 17.0 Å². The zero-order chi connectivity index (χ0) is 19.7. The number of carbonyl (C=O) groups is 1. The van der Waals surface area contributed by atoms with Gasteiger partial charge in [-0.05, 0) is 62.3 Å². The summed E-state index contributed by atoms with van der Waals surface area (Å²) in [7, 11) is 0. The van der Waals surface area contributed by atoms with Gasteiger partial charge in [0.15, 0.2) is 5.78 Å². The van der Waals surface area contributed by atoms with Crippen molar-refractivity contribution in [2.45, 2.75) is 45.1 Å². The molecule has 0 saturated heterocycles. The van der Waals surface area contributed by atoms with E-state index in [1.54, 1.807) is 24.3 Å². The normalized spacial score (nSPS) is 26.5. The monoisotopic (exact) mass is 376 g/mol. The van der Waals surface area contributed by atoms with Crippen molar-refractivity contribution in [3.63, 3.8) is 0 Å². The third-order valence-corrected chi connectivity index (χ3v) is 6.33. The number of carbonyl (C=O) groups excluding carboxylic acids is 1. The van der Waals surface area contributed by atoms with Crippen molar-refractivity contribution in [2.75, 3.05) is 0 Å². The van der Waals surface area contributed by atoms with E-state index in [1.807, 2.05) is 25.1 Å². The van der Waals surface area contributed by atoms with Gasteiger partial charge in [-0.3, -0.25) is 4.79 Å². The van der Waals surface area contributed by atoms with Crippen molar-refractivity contribution in [1.82, 2.24) is 0 Å². The number of aliphatic hydroxyl groups excluding tert-OH is 1. The molecule has 3 heteroatoms. The Bertz CT molecular complexity index is 958. The molecule has 0 radical (unpaired) electrons. The van der Waals surface area contributed by atoms with Crippen LogP contribution in [0.2, 0.25) is 0 Å². The van der Waals surface area contributed by atoms with Crippen LogP contribution in [0.3, 0.4) is 0 Å². The summed E-state index contributed by atoms with van der Waals surface area (Å²) < 4.78 is 14.2. The lowest BCUT2D eigenvalue weighted by atomic mass is 9.57. The molecule has 2 nitrogen and oxygen atoms in total. The average Bonchev–Trinajstić information content (AvgIpc) is 2.70. The smallest absolute Gasteiger partial charge is 0.184 e. The maximum Gasteiger partial charge on any atom is 0.184 e. The number of Topliss-reactive ketones (excluding diaryl/α,β-unsaturated/α-hetero) is 1. The summed E-state index contributed by atoms with van der Waals surface area (Å²) in [4.78, 5) is 13.1. The topological polar surface area (TPSA) is 37.3 Å². The summed E-state index contributed by atoms with van der Waals surface area (Å²) in [6, 6.07) is 16.6. The molecule has 1 N–H and O–H groups in total. The van der Waals surface area contributed by atoms with E-state index < -0.39 is 11.5 Å². The van der Waals surface area contributed by atoms with Crippen LogP contribution in [0.25, 0.3) is 6.08 Å². The fourth-order valence-electron chi connectivity index (χ4n) is 4.93. The molecule has 2 aromatic carbocycles. The van der Waals surface area contributed by atoms with Gasteiger partial charge >= 0.3 is 0 Å². The van der Waals surface area contributed by atoms with Gasteiger partial charge in [0, 0.05) is 16.6 Å². The number of rotatable bonds is 3. The average molecular weight is 376 g/mol. The first-order chi connectivity index (χ1) is 13.5. The van der Waals surface area contributed by atoms with E-state index in [-0.39, 0.29) is 11.6 Å². The zero-order valence-electron chi connectivity index (χ0n) is 16.1. The third-order valence-electron chi connectivity index (χ3n) is 6.33. The molecule has 144 valence electrons. The Balaban J connectivity index is 1.83. The highest BCUT2D eigenvalue weighted by molar-refractivity contribution is 6.12. The number of hydrogen-bond acceptors (Lipinski definition) is 2. The Morgan fingerprint density at radius 2 is 1.86 bits per heavy atom. The molecule has 2 atom stereocenters. The minimum absolute atomic E-state index is 0.0176. The van der Waals surface area contributed by atoms with Crippen LogP contribution in [0.1, 0.15) is 43.7 Å². The SMILES string of the molecule is CC1=C2CCC[C@H](O)[C@@]2(Cc2ccccc2)CC(=Cc2ccccc2F)C1=O. The summed E-state index contributed by atoms with van der Waals surface area (Å²) in [5.74, 6) is -0.354. The van der Waals surface area contributed by atoms with Crippen molar-refractivity contribution >= 4 is 11.9 Å². The molecular weight excluding hydrogens is 351 g/mol. The van der Waals surface area contributed by atoms with Gasteiger partial charge in [0.05, 0.1) is 6.10 Å². The van der Waals surface area contributed by atoms with Gasteiger partial charge in [0.2, 0.25) is 0 Å². The standard InChI is InChI=1S/C25H25FO2/c1-17-21-11-7-13-23(27)25(21,15-18-8-3-2-4-9-18)16-20(24(17)28)14-19-10-5-6-12-22(19)26/h2-6,8-10,12,14,23,27H,7,11,13,15-16H2,1H3/t23-,25-/m0/s1. The minimum Gasteiger partial charge on any atom is -0.392 e. The lowest BCUT2D eigenvalue weighted by Gasteiger charge is -2.48. The van der Waals surface area contributed by atoms with E-state index in [4.69, 9.17) is 0 Å². The van der Waals surface area contributed by atoms with Crippen LogP contribution in [0, 0.1) is 11.2 Å². The quantitative estimate of drug-likeness (QED) is 0.741. The number of benzene rings is 2. The highest BCUT2D eigenvalue weighted by atomic mass is 19.1. The second-order valence-electron chi connectivity index (χ2n) is 8.03. The molecule has 2 aliphatic rings. The van der Waals surface area contributed by atoms with Crippen LogP contribution in [-0.2, 0) is 11.2 Å². The summed E-state index contributed by atoms with van der Waals surface area (Å²) >= 11 is 0. The predicted octanol–water partition coefficient (Wildman–Crippen LogP) is 5.27. The lowest BCUT2D eigenvalue weighted by Crippen LogP contribution is -2.46. The summed E-state index contributed by atoms with van der Waals surface area (Å²) in [5.41, 5.74) is 3.47. The van der Waals surface area contributed by atoms with Crippen molar-refractivity contribution in [3.05, 3.63) is 88.3 Å². The number of halogens is 1. The summed E-state index contributed by atoms with van der Waals surface area (Å²) in [6.45, 7) is 1.86. The van der Waals surface area contributed by atoms with Gasteiger partial charge in [0.1, 0.15) is 5.82 Å². The predicted molar refractivity (Wildman–Crippen MR) is 109 cm³/mol. The number of allylic oxidation sites excluding steroid dienone is 2. The number of aliphatic hydroxyl groups is 1. The first kappa shape index (κ1) is 18.8. The highest BCUT2D eigenvalue weighted by Gasteiger charge is 2.48. The Hall–Kier alpha value is -2.52. The van der Waals surface area contributed by atoms with Gasteiger partial charge in [-0.25, -0.2) is 4.39 Å². The summed E-state index contributed by atoms with van der Waals surface area (Å²) in [5, 5.41) is 11.1. The van der Waals surface area contributed by atoms with E-state index in [2.05, 4.69) is 12.1 Å². The maximum absolute atomic E-state index is 14.2. The first-order valence-corrected chi connectivity index (χ1v) is 9.93. The summed E-state index contributed by atoms with van der Waals surface area (Å²) in [6.07, 6.45) is 4.75. The van der Waals surface area contributed by atoms with Crippen molar-refractivity contribution in [1.29, 1.82) is 0 Å². The Labute approximate surface area is 165 Å². The molecule has 2 aromatic rings. The molecule has 0 spiro atoms. The highest BCUT2D eigenvalue weighted by Crippen LogP contribution is 2.52. The van der Waals surface area contributed by atoms with E-state index in [9.17, 15) is 14.3 Å². The van der Waals surface area contributed by atoms with Gasteiger partial charge in [0.25, 0.3) is 0 Å². The molecule has 0 amide bonds. The van der Waals surface area contributed by atoms with E-state index in [0.29, 0.717) is 24.0 Å². The molecule has 1 fully saturated rings. The largest absolute Gasteiger partial charge is 0.392 e. The molecule has 0 bridgehead atoms. The molecule has 2 aliphatic carbocycles. The zero-order valence-corrected chi connectivity index (χ0v) is 16.1. The molecule has 4 rings (SSSR count). The fourth-order valence-corrected chi connectivity index (χ4v) is 4.93. The second-order valence-corrected chi connectivity index (χ2v) is 8.03. The molecule has 0 unspecified atom stereocenters. The van der Waals surface area contributed by atoms with Gasteiger partial charge in [-0.2, -0.15) is 0 Å². The minimum atomic E-state index is -0.511. The van der Waals surface area contributed by atoms with Crippen LogP contribution in [0.4, 0.5) is 4.39 Å². The lowest BCUT2D eigenvalue weighted by molar-refractivity contribution is -0.113. The molecular formula is C25H25FO2. The Morgan fingerprint density at radius 1 is 1.14 bits per heavy atom. The molecule has 0 aliphatic heterocycles. The van der Waals surface area contributed by atoms with E-state index in [0.717, 1.165) is 36.0 Å². The molecule has 28 heavy (non-hydrogen) atoms. The number of fused-ring (bicyclic) bond motifs is 1. The van der Waals surface area contributed by atoms with E-state index in [1.165, 1.54) is 6.07 Å². The Morgan fingerprint density at radius 3 is 2.61 bits per heavy atom. The Kier molecular flexibility index (Phi) is 5.03. The van der Waals surface area contributed by atoms with Crippen molar-refractivity contribution in [3.8, 4) is 0 Å².